The summed E-state index contributed by atoms with van der Waals surface area (Å²) < 4.78 is 44.4. The highest BCUT2D eigenvalue weighted by molar-refractivity contribution is 6.05. The van der Waals surface area contributed by atoms with Crippen LogP contribution in [0.5, 0.6) is 5.75 Å². The Kier molecular flexibility index (Phi) is 5.17. The van der Waals surface area contributed by atoms with Gasteiger partial charge in [0.15, 0.2) is 0 Å². The van der Waals surface area contributed by atoms with Gasteiger partial charge in [0, 0.05) is 11.1 Å². The number of carbonyl (C=O) groups excluding carboxylic acids is 2. The SMILES string of the molecule is O=C([O-])c1cccc(C(=O)Oc2ccccc2C(F)(F)F)c1-c1ccccc1. The zero-order chi connectivity index (χ0) is 20.3. The van der Waals surface area contributed by atoms with E-state index in [-0.39, 0.29) is 16.7 Å². The van der Waals surface area contributed by atoms with Crippen LogP contribution >= 0.6 is 0 Å². The van der Waals surface area contributed by atoms with Gasteiger partial charge in [-0.25, -0.2) is 4.79 Å². The van der Waals surface area contributed by atoms with E-state index in [1.165, 1.54) is 30.3 Å². The molecule has 0 aliphatic heterocycles. The third-order valence-electron chi connectivity index (χ3n) is 3.96. The van der Waals surface area contributed by atoms with Crippen LogP contribution in [-0.2, 0) is 6.18 Å². The number of alkyl halides is 3. The second kappa shape index (κ2) is 7.56. The van der Waals surface area contributed by atoms with Gasteiger partial charge in [0.05, 0.1) is 17.1 Å². The number of esters is 1. The first-order valence-electron chi connectivity index (χ1n) is 8.07. The summed E-state index contributed by atoms with van der Waals surface area (Å²) >= 11 is 0. The van der Waals surface area contributed by atoms with Crippen LogP contribution in [0.1, 0.15) is 26.3 Å². The van der Waals surface area contributed by atoms with Crippen LogP contribution in [0.2, 0.25) is 0 Å². The van der Waals surface area contributed by atoms with E-state index in [1.54, 1.807) is 30.3 Å². The second-order valence-electron chi connectivity index (χ2n) is 5.77. The van der Waals surface area contributed by atoms with Crippen LogP contribution in [0.4, 0.5) is 13.2 Å². The molecule has 0 heterocycles. The number of rotatable bonds is 4. The maximum Gasteiger partial charge on any atom is 0.419 e. The molecule has 3 aromatic rings. The highest BCUT2D eigenvalue weighted by atomic mass is 19.4. The number of hydrogen-bond donors (Lipinski definition) is 0. The Hall–Kier alpha value is -3.61. The first-order chi connectivity index (χ1) is 13.3. The van der Waals surface area contributed by atoms with Crippen molar-refractivity contribution in [3.63, 3.8) is 0 Å². The lowest BCUT2D eigenvalue weighted by molar-refractivity contribution is -0.254. The average molecular weight is 385 g/mol. The molecule has 0 amide bonds. The summed E-state index contributed by atoms with van der Waals surface area (Å²) in [6, 6.07) is 16.2. The van der Waals surface area contributed by atoms with Crippen LogP contribution in [0, 0.1) is 0 Å². The Labute approximate surface area is 157 Å². The molecule has 7 heteroatoms. The molecule has 0 atom stereocenters. The lowest BCUT2D eigenvalue weighted by Gasteiger charge is -2.16. The number of carboxylic acid groups (broad SMARTS) is 1. The second-order valence-corrected chi connectivity index (χ2v) is 5.77. The van der Waals surface area contributed by atoms with Gasteiger partial charge in [-0.3, -0.25) is 0 Å². The normalized spacial score (nSPS) is 11.1. The van der Waals surface area contributed by atoms with Gasteiger partial charge >= 0.3 is 12.1 Å². The monoisotopic (exact) mass is 385 g/mol. The molecule has 0 saturated carbocycles. The molecule has 3 rings (SSSR count). The number of carboxylic acids is 1. The van der Waals surface area contributed by atoms with Crippen molar-refractivity contribution in [1.29, 1.82) is 0 Å². The van der Waals surface area contributed by atoms with Crippen LogP contribution in [0.15, 0.2) is 72.8 Å². The quantitative estimate of drug-likeness (QED) is 0.504. The molecule has 4 nitrogen and oxygen atoms in total. The van der Waals surface area contributed by atoms with E-state index in [2.05, 4.69) is 0 Å². The smallest absolute Gasteiger partial charge is 0.419 e. The predicted molar refractivity (Wildman–Crippen MR) is 92.6 cm³/mol. The molecular weight excluding hydrogens is 373 g/mol. The molecule has 0 spiro atoms. The molecule has 142 valence electrons. The van der Waals surface area contributed by atoms with Gasteiger partial charge in [-0.2, -0.15) is 13.2 Å². The Morgan fingerprint density at radius 2 is 1.39 bits per heavy atom. The minimum absolute atomic E-state index is 0.0117. The van der Waals surface area contributed by atoms with E-state index < -0.39 is 29.4 Å². The number of benzene rings is 3. The molecule has 3 aromatic carbocycles. The van der Waals surface area contributed by atoms with Crippen molar-refractivity contribution in [3.05, 3.63) is 89.5 Å². The summed E-state index contributed by atoms with van der Waals surface area (Å²) in [6.45, 7) is 0. The van der Waals surface area contributed by atoms with Crippen molar-refractivity contribution in [3.8, 4) is 16.9 Å². The average Bonchev–Trinajstić information content (AvgIpc) is 2.67. The predicted octanol–water partition coefficient (Wildman–Crippen LogP) is 3.96. The van der Waals surface area contributed by atoms with Crippen molar-refractivity contribution in [1.82, 2.24) is 0 Å². The minimum Gasteiger partial charge on any atom is -0.545 e. The third kappa shape index (κ3) is 3.88. The molecule has 0 N–H and O–H groups in total. The molecule has 0 aromatic heterocycles. The first-order valence-corrected chi connectivity index (χ1v) is 8.07. The van der Waals surface area contributed by atoms with Crippen LogP contribution in [-0.4, -0.2) is 11.9 Å². The van der Waals surface area contributed by atoms with Gasteiger partial charge in [-0.1, -0.05) is 54.6 Å². The highest BCUT2D eigenvalue weighted by Gasteiger charge is 2.35. The number of hydrogen-bond acceptors (Lipinski definition) is 4. The molecule has 0 aliphatic carbocycles. The molecule has 0 radical (unpaired) electrons. The summed E-state index contributed by atoms with van der Waals surface area (Å²) in [7, 11) is 0. The number of aromatic carboxylic acids is 1. The molecule has 0 fully saturated rings. The van der Waals surface area contributed by atoms with E-state index in [0.717, 1.165) is 12.1 Å². The molecular formula is C21H12F3O4-. The largest absolute Gasteiger partial charge is 0.545 e. The molecule has 0 aliphatic rings. The zero-order valence-electron chi connectivity index (χ0n) is 14.2. The molecule has 28 heavy (non-hydrogen) atoms. The van der Waals surface area contributed by atoms with Gasteiger partial charge in [0.1, 0.15) is 5.75 Å². The fraction of sp³-hybridized carbons (Fsp3) is 0.0476. The van der Waals surface area contributed by atoms with Crippen LogP contribution in [0.3, 0.4) is 0 Å². The lowest BCUT2D eigenvalue weighted by atomic mass is 9.94. The first kappa shape index (κ1) is 19.2. The number of ether oxygens (including phenoxy) is 1. The fourth-order valence-electron chi connectivity index (χ4n) is 2.75. The van der Waals surface area contributed by atoms with E-state index in [9.17, 15) is 27.9 Å². The van der Waals surface area contributed by atoms with E-state index >= 15 is 0 Å². The standard InChI is InChI=1S/C21H13F3O4/c22-21(23,24)16-11-4-5-12-17(16)28-20(27)15-10-6-9-14(19(25)26)18(15)13-7-2-1-3-8-13/h1-12H,(H,25,26)/p-1. The molecule has 0 unspecified atom stereocenters. The van der Waals surface area contributed by atoms with Crippen molar-refractivity contribution in [2.75, 3.05) is 0 Å². The summed E-state index contributed by atoms with van der Waals surface area (Å²) in [5, 5.41) is 11.5. The third-order valence-corrected chi connectivity index (χ3v) is 3.96. The maximum absolute atomic E-state index is 13.1. The maximum atomic E-state index is 13.1. The van der Waals surface area contributed by atoms with Crippen LogP contribution in [0.25, 0.3) is 11.1 Å². The Balaban J connectivity index is 2.09. The number of para-hydroxylation sites is 1. The van der Waals surface area contributed by atoms with Crippen molar-refractivity contribution in [2.24, 2.45) is 0 Å². The summed E-state index contributed by atoms with van der Waals surface area (Å²) in [4.78, 5) is 24.2. The van der Waals surface area contributed by atoms with E-state index in [1.807, 2.05) is 0 Å². The van der Waals surface area contributed by atoms with Crippen molar-refractivity contribution < 1.29 is 32.6 Å². The number of halogens is 3. The topological polar surface area (TPSA) is 66.4 Å². The van der Waals surface area contributed by atoms with Gasteiger partial charge in [-0.15, -0.1) is 0 Å². The van der Waals surface area contributed by atoms with Crippen molar-refractivity contribution in [2.45, 2.75) is 6.18 Å². The van der Waals surface area contributed by atoms with Gasteiger partial charge in [0.2, 0.25) is 0 Å². The van der Waals surface area contributed by atoms with Gasteiger partial charge < -0.3 is 14.6 Å². The number of carbonyl (C=O) groups is 2. The van der Waals surface area contributed by atoms with Crippen LogP contribution < -0.4 is 9.84 Å². The summed E-state index contributed by atoms with van der Waals surface area (Å²) in [5.74, 6) is -3.30. The summed E-state index contributed by atoms with van der Waals surface area (Å²) in [5.41, 5.74) is -1.17. The minimum atomic E-state index is -4.72. The highest BCUT2D eigenvalue weighted by Crippen LogP contribution is 2.37. The van der Waals surface area contributed by atoms with E-state index in [0.29, 0.717) is 5.56 Å². The fourth-order valence-corrected chi connectivity index (χ4v) is 2.75. The van der Waals surface area contributed by atoms with E-state index in [4.69, 9.17) is 4.74 Å². The lowest BCUT2D eigenvalue weighted by Crippen LogP contribution is -2.24. The van der Waals surface area contributed by atoms with Gasteiger partial charge in [0.25, 0.3) is 0 Å². The van der Waals surface area contributed by atoms with Crippen molar-refractivity contribution >= 4 is 11.9 Å². The Morgan fingerprint density at radius 3 is 2.04 bits per heavy atom. The summed E-state index contributed by atoms with van der Waals surface area (Å²) in [6.07, 6.45) is -4.72. The molecule has 0 bridgehead atoms. The zero-order valence-corrected chi connectivity index (χ0v) is 14.2. The Bertz CT molecular complexity index is 1030. The molecule has 0 saturated heterocycles. The van der Waals surface area contributed by atoms with Gasteiger partial charge in [-0.05, 0) is 23.8 Å². The Morgan fingerprint density at radius 1 is 0.786 bits per heavy atom.